The lowest BCUT2D eigenvalue weighted by Gasteiger charge is -2.03. The molecule has 10 rings (SSSR count). The van der Waals surface area contributed by atoms with Gasteiger partial charge >= 0.3 is 23.9 Å². The van der Waals surface area contributed by atoms with Gasteiger partial charge in [-0.1, -0.05) is 0 Å². The van der Waals surface area contributed by atoms with Gasteiger partial charge in [-0.05, 0) is 221 Å². The summed E-state index contributed by atoms with van der Waals surface area (Å²) in [6.45, 7) is 16.0. The maximum Gasteiger partial charge on any atom is 0.303 e. The second-order valence-electron chi connectivity index (χ2n) is 20.0. The van der Waals surface area contributed by atoms with Crippen LogP contribution in [0.2, 0.25) is 0 Å². The monoisotopic (exact) mass is 1280 g/mol. The molecule has 16 bridgehead atoms. The first-order chi connectivity index (χ1) is 36.2. The normalized spacial score (nSPS) is 12.8. The third-order valence-corrected chi connectivity index (χ3v) is 14.5. The van der Waals surface area contributed by atoms with Gasteiger partial charge < -0.3 is 40.4 Å². The highest BCUT2D eigenvalue weighted by Gasteiger charge is 2.22. The molecule has 10 heterocycles. The number of hydrogen-bond acceptors (Lipinski definition) is 8. The number of nitrogens with zero attached hydrogens (tertiary/aromatic N) is 4. The molecular weight excluding hydrogens is 1210 g/mol. The van der Waals surface area contributed by atoms with Crippen LogP contribution in [0.3, 0.4) is 0 Å². The van der Waals surface area contributed by atoms with Crippen LogP contribution in [0.5, 0.6) is 0 Å². The lowest BCUT2D eigenvalue weighted by molar-refractivity contribution is -0.138. The summed E-state index contributed by atoms with van der Waals surface area (Å²) in [5.41, 5.74) is 24.8. The van der Waals surface area contributed by atoms with Gasteiger partial charge in [-0.25, -0.2) is 19.9 Å². The smallest absolute Gasteiger partial charge is 0.303 e. The van der Waals surface area contributed by atoms with Gasteiger partial charge in [-0.2, -0.15) is 0 Å². The Hall–Kier alpha value is -7.46. The summed E-state index contributed by atoms with van der Waals surface area (Å²) in [5.74, 6) is -3.47. The zero-order valence-electron chi connectivity index (χ0n) is 44.6. The number of halogens is 2. The topological polar surface area (TPSA) is 264 Å². The number of aromatic nitrogens is 8. The average molecular weight is 1280 g/mol. The van der Waals surface area contributed by atoms with Gasteiger partial charge in [0, 0.05) is 69.8 Å². The molecule has 4 aliphatic heterocycles. The minimum absolute atomic E-state index is 0. The van der Waals surface area contributed by atoms with Gasteiger partial charge in [-0.3, -0.25) is 19.2 Å². The molecule has 0 aliphatic carbocycles. The predicted molar refractivity (Wildman–Crippen MR) is 330 cm³/mol. The molecule has 0 atom stereocenters. The second kappa shape index (κ2) is 24.1. The predicted octanol–water partition coefficient (Wildman–Crippen LogP) is 13.8. The zero-order chi connectivity index (χ0) is 54.3. The van der Waals surface area contributed by atoms with E-state index in [-0.39, 0.29) is 73.6 Å². The summed E-state index contributed by atoms with van der Waals surface area (Å²) in [6.07, 6.45) is 5.49. The van der Waals surface area contributed by atoms with E-state index in [1.807, 2.05) is 116 Å². The van der Waals surface area contributed by atoms with Crippen LogP contribution >= 0.6 is 48.0 Å². The van der Waals surface area contributed by atoms with Crippen molar-refractivity contribution in [2.75, 3.05) is 0 Å². The Bertz CT molecular complexity index is 3710. The van der Waals surface area contributed by atoms with Gasteiger partial charge in [-0.15, -0.1) is 48.0 Å². The highest BCUT2D eigenvalue weighted by atomic mass is 127. The molecular formula is C60H62I2N8O8. The number of nitrogens with one attached hydrogen (secondary N) is 4. The number of H-pyrrole nitrogens is 4. The average Bonchev–Trinajstić information content (AvgIpc) is 4.24. The molecule has 6 aromatic heterocycles. The summed E-state index contributed by atoms with van der Waals surface area (Å²) in [6, 6.07) is 20.0. The van der Waals surface area contributed by atoms with Crippen LogP contribution in [0.4, 0.5) is 0 Å². The van der Waals surface area contributed by atoms with Crippen molar-refractivity contribution in [3.05, 3.63) is 140 Å². The van der Waals surface area contributed by atoms with Crippen LogP contribution in [0.15, 0.2) is 60.7 Å². The molecule has 0 saturated carbocycles. The van der Waals surface area contributed by atoms with E-state index in [9.17, 15) is 39.6 Å². The standard InChI is InChI=1S/2C30H30N4O4.2HI/c2*1-15-9-20-12-25-17(3)21(5-7-29(35)36)27(33-25)14-28-22(6-8-30(37)38)18(4)26(34-28)13-24-16(2)10-19(32-24)11-23(15)31-20;;/h2*9-14,31,34H,5-8H2,1-4H3,(H,35,36)(H,37,38);2*1H. The van der Waals surface area contributed by atoms with E-state index in [2.05, 4.69) is 32.1 Å². The number of hydrogen-bond donors (Lipinski definition) is 8. The minimum Gasteiger partial charge on any atom is -0.481 e. The summed E-state index contributed by atoms with van der Waals surface area (Å²) in [4.78, 5) is 79.0. The molecule has 8 N–H and O–H groups in total. The Morgan fingerprint density at radius 3 is 1.09 bits per heavy atom. The largest absolute Gasteiger partial charge is 0.481 e. The molecule has 4 aliphatic rings. The molecule has 16 nitrogen and oxygen atoms in total. The number of aromatic amines is 4. The van der Waals surface area contributed by atoms with Crippen LogP contribution in [0.25, 0.3) is 89.7 Å². The molecule has 0 spiro atoms. The Labute approximate surface area is 484 Å². The van der Waals surface area contributed by atoms with Crippen LogP contribution in [-0.4, -0.2) is 84.2 Å². The quantitative estimate of drug-likeness (QED) is 0.0532. The second-order valence-corrected chi connectivity index (χ2v) is 20.0. The van der Waals surface area contributed by atoms with Crippen molar-refractivity contribution in [2.24, 2.45) is 0 Å². The van der Waals surface area contributed by atoms with Crippen molar-refractivity contribution in [1.29, 1.82) is 0 Å². The van der Waals surface area contributed by atoms with E-state index in [4.69, 9.17) is 19.9 Å². The Kier molecular flexibility index (Phi) is 18.0. The minimum atomic E-state index is -0.868. The fraction of sp³-hybridized carbons (Fsp3) is 0.267. The number of allylic oxidation sites excluding steroid dienone is 6. The number of aliphatic carboxylic acids is 4. The summed E-state index contributed by atoms with van der Waals surface area (Å²) in [5, 5.41) is 37.5. The molecule has 0 aromatic carbocycles. The number of carboxylic acids is 4. The number of carbonyl (C=O) groups is 4. The zero-order valence-corrected chi connectivity index (χ0v) is 49.3. The van der Waals surface area contributed by atoms with E-state index in [1.165, 1.54) is 0 Å². The van der Waals surface area contributed by atoms with E-state index >= 15 is 0 Å². The summed E-state index contributed by atoms with van der Waals surface area (Å²) >= 11 is 0. The first kappa shape index (κ1) is 58.2. The van der Waals surface area contributed by atoms with E-state index in [1.54, 1.807) is 0 Å². The number of aryl methyl sites for hydroxylation is 6. The summed E-state index contributed by atoms with van der Waals surface area (Å²) < 4.78 is 0. The van der Waals surface area contributed by atoms with Gasteiger partial charge in [0.1, 0.15) is 0 Å². The van der Waals surface area contributed by atoms with Gasteiger partial charge in [0.2, 0.25) is 0 Å². The highest BCUT2D eigenvalue weighted by Crippen LogP contribution is 2.37. The molecule has 0 amide bonds. The lowest BCUT2D eigenvalue weighted by atomic mass is 10.0. The molecule has 0 fully saturated rings. The first-order valence-electron chi connectivity index (χ1n) is 25.3. The van der Waals surface area contributed by atoms with E-state index in [0.29, 0.717) is 37.1 Å². The Morgan fingerprint density at radius 2 is 0.731 bits per heavy atom. The van der Waals surface area contributed by atoms with Crippen molar-refractivity contribution in [3.8, 4) is 0 Å². The van der Waals surface area contributed by atoms with Crippen molar-refractivity contribution >= 4 is 162 Å². The van der Waals surface area contributed by atoms with Gasteiger partial charge in [0.15, 0.2) is 0 Å². The van der Waals surface area contributed by atoms with Crippen molar-refractivity contribution in [3.63, 3.8) is 0 Å². The SMILES string of the molecule is CC1=Cc2cc3[nH]c(cc4nc(cc5[nH]c(cc1n2)c(C)c5CCC(=O)O)C(CCC(=O)O)=C4C)cc3C.CC1=Cc2cc3[nH]c(cc4nc(cc5[nH]c(cc1n2)c(C)c5CCC(=O)O)C(CCC(=O)O)=C4C)cc3C.I.I. The molecule has 18 heteroatoms. The third-order valence-electron chi connectivity index (χ3n) is 14.5. The van der Waals surface area contributed by atoms with Crippen LogP contribution in [0, 0.1) is 27.7 Å². The maximum absolute atomic E-state index is 11.4. The van der Waals surface area contributed by atoms with Gasteiger partial charge in [0.25, 0.3) is 0 Å². The molecule has 0 unspecified atom stereocenters. The number of carboxylic acid groups (broad SMARTS) is 4. The van der Waals surface area contributed by atoms with Crippen LogP contribution in [-0.2, 0) is 32.0 Å². The van der Waals surface area contributed by atoms with Gasteiger partial charge in [0.05, 0.1) is 45.6 Å². The van der Waals surface area contributed by atoms with Crippen molar-refractivity contribution in [1.82, 2.24) is 39.9 Å². The van der Waals surface area contributed by atoms with Crippen LogP contribution in [0.1, 0.15) is 145 Å². The first-order valence-corrected chi connectivity index (χ1v) is 25.3. The fourth-order valence-electron chi connectivity index (χ4n) is 10.2. The van der Waals surface area contributed by atoms with Crippen LogP contribution < -0.4 is 0 Å². The molecule has 0 saturated heterocycles. The summed E-state index contributed by atoms with van der Waals surface area (Å²) in [7, 11) is 0. The maximum atomic E-state index is 11.4. The Morgan fingerprint density at radius 1 is 0.385 bits per heavy atom. The highest BCUT2D eigenvalue weighted by molar-refractivity contribution is 14.0. The van der Waals surface area contributed by atoms with Crippen molar-refractivity contribution in [2.45, 2.75) is 107 Å². The molecule has 78 heavy (non-hydrogen) atoms. The number of rotatable bonds is 12. The lowest BCUT2D eigenvalue weighted by Crippen LogP contribution is -1.98. The molecule has 0 radical (unpaired) electrons. The molecule has 404 valence electrons. The van der Waals surface area contributed by atoms with E-state index in [0.717, 1.165) is 145 Å². The third kappa shape index (κ3) is 12.8. The fourth-order valence-corrected chi connectivity index (χ4v) is 10.2. The van der Waals surface area contributed by atoms with Crippen molar-refractivity contribution < 1.29 is 39.6 Å². The van der Waals surface area contributed by atoms with E-state index < -0.39 is 23.9 Å². The number of fused-ring (bicyclic) bond motifs is 16. The molecule has 6 aromatic rings. The Balaban J connectivity index is 0.000000220.